The number of ether oxygens (including phenoxy) is 1. The molecule has 4 rings (SSSR count). The molecule has 178 valence electrons. The van der Waals surface area contributed by atoms with E-state index < -0.39 is 0 Å². The number of rotatable bonds is 7. The van der Waals surface area contributed by atoms with Crippen molar-refractivity contribution in [3.8, 4) is 29.4 Å². The smallest absolute Gasteiger partial charge is 0.243 e. The monoisotopic (exact) mass is 468 g/mol. The average molecular weight is 469 g/mol. The first-order chi connectivity index (χ1) is 17.0. The topological polar surface area (TPSA) is 108 Å². The summed E-state index contributed by atoms with van der Waals surface area (Å²) in [6.45, 7) is 5.41. The van der Waals surface area contributed by atoms with Gasteiger partial charge in [0.15, 0.2) is 5.65 Å². The second kappa shape index (κ2) is 10.7. The van der Waals surface area contributed by atoms with Gasteiger partial charge in [0.2, 0.25) is 5.91 Å². The van der Waals surface area contributed by atoms with E-state index in [0.29, 0.717) is 23.0 Å². The molecule has 0 bridgehead atoms. The summed E-state index contributed by atoms with van der Waals surface area (Å²) in [6, 6.07) is 7.92. The highest BCUT2D eigenvalue weighted by molar-refractivity contribution is 5.98. The van der Waals surface area contributed by atoms with Crippen LogP contribution in [-0.4, -0.2) is 31.7 Å². The van der Waals surface area contributed by atoms with Gasteiger partial charge in [-0.05, 0) is 81.2 Å². The van der Waals surface area contributed by atoms with Crippen LogP contribution in [0.4, 0.5) is 5.82 Å². The normalized spacial score (nSPS) is 18.3. The number of hydrogen-bond donors (Lipinski definition) is 2. The highest BCUT2D eigenvalue weighted by Crippen LogP contribution is 2.36. The number of nitrogens with two attached hydrogens (primary N) is 1. The molecular weight excluding hydrogens is 440 g/mol. The molecule has 3 aromatic rings. The second-order valence-electron chi connectivity index (χ2n) is 8.29. The van der Waals surface area contributed by atoms with Gasteiger partial charge in [-0.15, -0.1) is 6.42 Å². The Hall–Kier alpha value is -4.38. The number of hydrogen-bond acceptors (Lipinski definition) is 6. The van der Waals surface area contributed by atoms with E-state index in [0.717, 1.165) is 42.3 Å². The highest BCUT2D eigenvalue weighted by Gasteiger charge is 2.27. The molecule has 8 nitrogen and oxygen atoms in total. The molecule has 2 aromatic heterocycles. The van der Waals surface area contributed by atoms with Crippen LogP contribution in [0.3, 0.4) is 0 Å². The predicted molar refractivity (Wildman–Crippen MR) is 137 cm³/mol. The minimum Gasteiger partial charge on any atom is -0.458 e. The minimum absolute atomic E-state index is 0.137. The molecule has 1 fully saturated rings. The number of benzene rings is 1. The first kappa shape index (κ1) is 23.8. The third kappa shape index (κ3) is 5.25. The van der Waals surface area contributed by atoms with E-state index in [-0.39, 0.29) is 18.0 Å². The van der Waals surface area contributed by atoms with Crippen LogP contribution in [0.15, 0.2) is 67.2 Å². The van der Waals surface area contributed by atoms with Gasteiger partial charge in [-0.25, -0.2) is 14.6 Å². The van der Waals surface area contributed by atoms with Gasteiger partial charge in [-0.3, -0.25) is 4.79 Å². The maximum Gasteiger partial charge on any atom is 0.243 e. The van der Waals surface area contributed by atoms with Crippen molar-refractivity contribution in [2.75, 3.05) is 5.73 Å². The zero-order valence-corrected chi connectivity index (χ0v) is 19.6. The standard InChI is InChI=1S/C27H28N6O2/c1-4-7-8-21(5-2)35-22-15-9-18(10-16-22)25-24-26(28)29-17-30-27(24)33(32-25)20-13-11-19(12-14-20)31-23(34)6-3/h1,5-10,15-17,19-20H,3,11-14H2,2H3,(H,31,34)(H2,28,29,30)/b8-7-,21-5+/t19-,20+. The lowest BCUT2D eigenvalue weighted by atomic mass is 9.91. The van der Waals surface area contributed by atoms with Gasteiger partial charge in [0.25, 0.3) is 0 Å². The number of carbonyl (C=O) groups is 1. The molecular formula is C27H28N6O2. The summed E-state index contributed by atoms with van der Waals surface area (Å²) in [5.74, 6) is 4.04. The van der Waals surface area contributed by atoms with E-state index in [1.807, 2.05) is 41.9 Å². The van der Waals surface area contributed by atoms with Crippen LogP contribution < -0.4 is 15.8 Å². The first-order valence-electron chi connectivity index (χ1n) is 11.5. The van der Waals surface area contributed by atoms with Crippen molar-refractivity contribution in [2.45, 2.75) is 44.7 Å². The number of amides is 1. The molecule has 3 N–H and O–H groups in total. The van der Waals surface area contributed by atoms with Crippen LogP contribution in [0, 0.1) is 12.3 Å². The van der Waals surface area contributed by atoms with Gasteiger partial charge in [0.05, 0.1) is 11.4 Å². The number of anilines is 1. The van der Waals surface area contributed by atoms with Crippen molar-refractivity contribution < 1.29 is 9.53 Å². The number of nitrogens with zero attached hydrogens (tertiary/aromatic N) is 4. The fraction of sp³-hybridized carbons (Fsp3) is 0.259. The Bertz CT molecular complexity index is 1320. The molecule has 35 heavy (non-hydrogen) atoms. The highest BCUT2D eigenvalue weighted by atomic mass is 16.5. The zero-order chi connectivity index (χ0) is 24.8. The average Bonchev–Trinajstić information content (AvgIpc) is 3.28. The van der Waals surface area contributed by atoms with E-state index in [2.05, 4.69) is 27.8 Å². The van der Waals surface area contributed by atoms with Crippen LogP contribution >= 0.6 is 0 Å². The number of nitrogens with one attached hydrogen (secondary N) is 1. The Morgan fingerprint density at radius 3 is 2.66 bits per heavy atom. The van der Waals surface area contributed by atoms with Gasteiger partial charge >= 0.3 is 0 Å². The molecule has 1 saturated carbocycles. The number of fused-ring (bicyclic) bond motifs is 1. The van der Waals surface area contributed by atoms with Gasteiger partial charge < -0.3 is 15.8 Å². The lowest BCUT2D eigenvalue weighted by molar-refractivity contribution is -0.117. The summed E-state index contributed by atoms with van der Waals surface area (Å²) in [4.78, 5) is 20.4. The first-order valence-corrected chi connectivity index (χ1v) is 11.5. The molecule has 2 heterocycles. The largest absolute Gasteiger partial charge is 0.458 e. The third-order valence-corrected chi connectivity index (χ3v) is 6.08. The summed E-state index contributed by atoms with van der Waals surface area (Å²) in [6.07, 6.45) is 16.7. The summed E-state index contributed by atoms with van der Waals surface area (Å²) < 4.78 is 7.84. The molecule has 8 heteroatoms. The van der Waals surface area contributed by atoms with E-state index in [1.54, 1.807) is 12.2 Å². The summed E-state index contributed by atoms with van der Waals surface area (Å²) >= 11 is 0. The Morgan fingerprint density at radius 2 is 2.00 bits per heavy atom. The number of nitrogen functional groups attached to an aromatic ring is 1. The molecule has 0 spiro atoms. The molecule has 0 radical (unpaired) electrons. The molecule has 0 saturated heterocycles. The summed E-state index contributed by atoms with van der Waals surface area (Å²) in [5.41, 5.74) is 8.59. The van der Waals surface area contributed by atoms with Gasteiger partial charge in [0, 0.05) is 11.6 Å². The lowest BCUT2D eigenvalue weighted by Crippen LogP contribution is -2.37. The summed E-state index contributed by atoms with van der Waals surface area (Å²) in [7, 11) is 0. The maximum atomic E-state index is 11.7. The van der Waals surface area contributed by atoms with Crippen LogP contribution in [0.5, 0.6) is 5.75 Å². The SMILES string of the molecule is C#C/C=C\C(=C/C)Oc1ccc(-c2nn([C@H]3CC[C@@H](NC(=O)C=C)CC3)c3ncnc(N)c23)cc1. The van der Waals surface area contributed by atoms with E-state index in [9.17, 15) is 4.79 Å². The predicted octanol–water partition coefficient (Wildman–Crippen LogP) is 4.33. The number of allylic oxidation sites excluding steroid dienone is 3. The van der Waals surface area contributed by atoms with Crippen molar-refractivity contribution in [3.63, 3.8) is 0 Å². The second-order valence-corrected chi connectivity index (χ2v) is 8.29. The Kier molecular flexibility index (Phi) is 7.27. The lowest BCUT2D eigenvalue weighted by Gasteiger charge is -2.29. The van der Waals surface area contributed by atoms with Gasteiger partial charge in [0.1, 0.15) is 29.3 Å². The van der Waals surface area contributed by atoms with Crippen LogP contribution in [-0.2, 0) is 4.79 Å². The van der Waals surface area contributed by atoms with Crippen molar-refractivity contribution in [1.82, 2.24) is 25.1 Å². The Morgan fingerprint density at radius 1 is 1.26 bits per heavy atom. The Labute approximate surface area is 204 Å². The van der Waals surface area contributed by atoms with Crippen molar-refractivity contribution >= 4 is 22.8 Å². The number of aromatic nitrogens is 4. The van der Waals surface area contributed by atoms with E-state index in [4.69, 9.17) is 22.0 Å². The quantitative estimate of drug-likeness (QED) is 0.231. The van der Waals surface area contributed by atoms with Crippen molar-refractivity contribution in [2.24, 2.45) is 0 Å². The van der Waals surface area contributed by atoms with Crippen LogP contribution in [0.2, 0.25) is 0 Å². The molecule has 0 unspecified atom stereocenters. The minimum atomic E-state index is -0.137. The van der Waals surface area contributed by atoms with Gasteiger partial charge in [-0.1, -0.05) is 12.5 Å². The molecule has 1 amide bonds. The summed E-state index contributed by atoms with van der Waals surface area (Å²) in [5, 5.41) is 8.66. The Balaban J connectivity index is 1.60. The third-order valence-electron chi connectivity index (χ3n) is 6.08. The van der Waals surface area contributed by atoms with Crippen molar-refractivity contribution in [1.29, 1.82) is 0 Å². The fourth-order valence-electron chi connectivity index (χ4n) is 4.31. The fourth-order valence-corrected chi connectivity index (χ4v) is 4.31. The zero-order valence-electron chi connectivity index (χ0n) is 19.6. The molecule has 1 aliphatic rings. The van der Waals surface area contributed by atoms with Crippen LogP contribution in [0.1, 0.15) is 38.6 Å². The maximum absolute atomic E-state index is 11.7. The van der Waals surface area contributed by atoms with Gasteiger partial charge in [-0.2, -0.15) is 5.10 Å². The molecule has 1 aromatic carbocycles. The number of terminal acetylenes is 1. The number of carbonyl (C=O) groups excluding carboxylic acids is 1. The van der Waals surface area contributed by atoms with Crippen molar-refractivity contribution in [3.05, 3.63) is 67.2 Å². The molecule has 1 aliphatic carbocycles. The molecule has 0 atom stereocenters. The van der Waals surface area contributed by atoms with E-state index in [1.165, 1.54) is 12.4 Å². The van der Waals surface area contributed by atoms with Crippen LogP contribution in [0.25, 0.3) is 22.3 Å². The van der Waals surface area contributed by atoms with E-state index >= 15 is 0 Å². The molecule has 0 aliphatic heterocycles.